The average molecular weight is 307 g/mol. The minimum Gasteiger partial charge on any atom is -0.323 e. The van der Waals surface area contributed by atoms with Crippen LogP contribution in [0.25, 0.3) is 0 Å². The number of nitrogens with zero attached hydrogens (tertiary/aromatic N) is 4. The van der Waals surface area contributed by atoms with Crippen LogP contribution in [0.4, 0.5) is 5.69 Å². The van der Waals surface area contributed by atoms with Gasteiger partial charge in [-0.3, -0.25) is 9.59 Å². The third-order valence-electron chi connectivity index (χ3n) is 3.36. The number of nitriles is 2. The Morgan fingerprint density at radius 3 is 2.61 bits per heavy atom. The number of anilines is 1. The van der Waals surface area contributed by atoms with E-state index in [9.17, 15) is 9.59 Å². The van der Waals surface area contributed by atoms with Crippen molar-refractivity contribution in [3.05, 3.63) is 57.0 Å². The summed E-state index contributed by atoms with van der Waals surface area (Å²) in [4.78, 5) is 24.2. The summed E-state index contributed by atoms with van der Waals surface area (Å²) in [6.07, 6.45) is 0. The summed E-state index contributed by atoms with van der Waals surface area (Å²) in [5.74, 6) is -0.505. The van der Waals surface area contributed by atoms with Gasteiger partial charge in [0.15, 0.2) is 0 Å². The van der Waals surface area contributed by atoms with E-state index < -0.39 is 11.5 Å². The number of aryl methyl sites for hydroxylation is 1. The van der Waals surface area contributed by atoms with E-state index >= 15 is 0 Å². The van der Waals surface area contributed by atoms with E-state index in [1.165, 1.54) is 0 Å². The van der Waals surface area contributed by atoms with Gasteiger partial charge >= 0.3 is 0 Å². The summed E-state index contributed by atoms with van der Waals surface area (Å²) in [7, 11) is 0. The number of amides is 1. The van der Waals surface area contributed by atoms with Crippen LogP contribution in [-0.2, 0) is 11.3 Å². The van der Waals surface area contributed by atoms with Crippen molar-refractivity contribution in [2.24, 2.45) is 0 Å². The van der Waals surface area contributed by atoms with Gasteiger partial charge in [0.05, 0.1) is 16.9 Å². The third-order valence-corrected chi connectivity index (χ3v) is 3.36. The van der Waals surface area contributed by atoms with Crippen molar-refractivity contribution in [1.82, 2.24) is 9.78 Å². The number of carbonyl (C=O) groups excluding carboxylic acids is 1. The second-order valence-electron chi connectivity index (χ2n) is 4.87. The van der Waals surface area contributed by atoms with Crippen LogP contribution in [0.2, 0.25) is 0 Å². The molecule has 0 atom stereocenters. The Bertz CT molecular complexity index is 916. The van der Waals surface area contributed by atoms with E-state index in [1.54, 1.807) is 38.1 Å². The number of nitrogens with one attached hydrogen (secondary N) is 1. The van der Waals surface area contributed by atoms with E-state index in [2.05, 4.69) is 10.4 Å². The monoisotopic (exact) mass is 307 g/mol. The second-order valence-corrected chi connectivity index (χ2v) is 4.87. The molecule has 0 bridgehead atoms. The summed E-state index contributed by atoms with van der Waals surface area (Å²) in [6.45, 7) is 2.96. The fourth-order valence-electron chi connectivity index (χ4n) is 2.03. The molecule has 0 aliphatic rings. The molecule has 1 aromatic carbocycles. The first kappa shape index (κ1) is 15.9. The fourth-order valence-corrected chi connectivity index (χ4v) is 2.03. The number of aromatic nitrogens is 2. The van der Waals surface area contributed by atoms with E-state index in [0.29, 0.717) is 22.5 Å². The lowest BCUT2D eigenvalue weighted by Gasteiger charge is -2.10. The molecule has 23 heavy (non-hydrogen) atoms. The predicted molar refractivity (Wildman–Crippen MR) is 82.5 cm³/mol. The van der Waals surface area contributed by atoms with Gasteiger partial charge in [-0.05, 0) is 31.5 Å². The van der Waals surface area contributed by atoms with Crippen molar-refractivity contribution in [3.63, 3.8) is 0 Å². The van der Waals surface area contributed by atoms with Crippen LogP contribution in [0.3, 0.4) is 0 Å². The predicted octanol–water partition coefficient (Wildman–Crippen LogP) is 1.24. The zero-order valence-corrected chi connectivity index (χ0v) is 12.6. The normalized spacial score (nSPS) is 9.74. The quantitative estimate of drug-likeness (QED) is 0.917. The van der Waals surface area contributed by atoms with Crippen LogP contribution in [0, 0.1) is 36.5 Å². The Labute approximate surface area is 132 Å². The van der Waals surface area contributed by atoms with E-state index in [4.69, 9.17) is 10.5 Å². The number of para-hydroxylation sites is 1. The zero-order valence-electron chi connectivity index (χ0n) is 12.6. The minimum absolute atomic E-state index is 0.0253. The molecule has 1 amide bonds. The van der Waals surface area contributed by atoms with Gasteiger partial charge in [-0.1, -0.05) is 12.1 Å². The number of carbonyl (C=O) groups is 1. The molecular formula is C16H13N5O2. The first-order valence-corrected chi connectivity index (χ1v) is 6.75. The van der Waals surface area contributed by atoms with Crippen molar-refractivity contribution >= 4 is 11.6 Å². The van der Waals surface area contributed by atoms with Crippen LogP contribution in [0.15, 0.2) is 29.1 Å². The molecule has 1 heterocycles. The maximum atomic E-state index is 12.1. The highest BCUT2D eigenvalue weighted by molar-refractivity contribution is 5.91. The first-order valence-electron chi connectivity index (χ1n) is 6.75. The molecule has 0 fully saturated rings. The van der Waals surface area contributed by atoms with Crippen LogP contribution < -0.4 is 10.9 Å². The van der Waals surface area contributed by atoms with E-state index in [0.717, 1.165) is 4.68 Å². The molecule has 7 nitrogen and oxygen atoms in total. The van der Waals surface area contributed by atoms with Gasteiger partial charge in [0, 0.05) is 0 Å². The van der Waals surface area contributed by atoms with Gasteiger partial charge in [0.1, 0.15) is 24.2 Å². The van der Waals surface area contributed by atoms with Gasteiger partial charge in [-0.25, -0.2) is 4.68 Å². The lowest BCUT2D eigenvalue weighted by Crippen LogP contribution is -2.32. The third kappa shape index (κ3) is 3.25. The fraction of sp³-hybridized carbons (Fsp3) is 0.188. The largest absolute Gasteiger partial charge is 0.323 e. The van der Waals surface area contributed by atoms with Gasteiger partial charge < -0.3 is 5.32 Å². The molecule has 0 saturated carbocycles. The van der Waals surface area contributed by atoms with Crippen LogP contribution in [-0.4, -0.2) is 15.7 Å². The van der Waals surface area contributed by atoms with Crippen molar-refractivity contribution in [2.45, 2.75) is 20.4 Å². The van der Waals surface area contributed by atoms with Crippen LogP contribution >= 0.6 is 0 Å². The summed E-state index contributed by atoms with van der Waals surface area (Å²) in [6, 6.07) is 10.3. The van der Waals surface area contributed by atoms with Gasteiger partial charge in [-0.15, -0.1) is 0 Å². The Balaban J connectivity index is 2.29. The number of hydrogen-bond acceptors (Lipinski definition) is 5. The average Bonchev–Trinajstić information content (AvgIpc) is 2.53. The highest BCUT2D eigenvalue weighted by atomic mass is 16.2. The van der Waals surface area contributed by atoms with Crippen molar-refractivity contribution in [3.8, 4) is 12.1 Å². The summed E-state index contributed by atoms with van der Waals surface area (Å²) >= 11 is 0. The molecule has 0 aliphatic carbocycles. The summed E-state index contributed by atoms with van der Waals surface area (Å²) in [5.41, 5.74) is 1.05. The molecule has 2 aromatic rings. The van der Waals surface area contributed by atoms with E-state index in [1.807, 2.05) is 12.1 Å². The van der Waals surface area contributed by atoms with Crippen molar-refractivity contribution in [1.29, 1.82) is 10.5 Å². The lowest BCUT2D eigenvalue weighted by atomic mass is 10.1. The van der Waals surface area contributed by atoms with Gasteiger partial charge in [0.2, 0.25) is 5.91 Å². The Morgan fingerprint density at radius 1 is 1.26 bits per heavy atom. The molecule has 0 aliphatic heterocycles. The highest BCUT2D eigenvalue weighted by Gasteiger charge is 2.14. The molecule has 0 radical (unpaired) electrons. The van der Waals surface area contributed by atoms with Gasteiger partial charge in [-0.2, -0.15) is 15.6 Å². The van der Waals surface area contributed by atoms with Crippen LogP contribution in [0.1, 0.15) is 22.4 Å². The smallest absolute Gasteiger partial charge is 0.285 e. The standard InChI is InChI=1S/C16H13N5O2/c1-10-11(2)20-21(16(23)13(10)8-18)9-15(22)19-14-6-4-3-5-12(14)7-17/h3-6H,9H2,1-2H3,(H,19,22). The molecule has 114 valence electrons. The molecule has 2 rings (SSSR count). The number of benzene rings is 1. The highest BCUT2D eigenvalue weighted by Crippen LogP contribution is 2.13. The topological polar surface area (TPSA) is 112 Å². The summed E-state index contributed by atoms with van der Waals surface area (Å²) in [5, 5.41) is 24.7. The molecule has 1 N–H and O–H groups in total. The molecule has 7 heteroatoms. The van der Waals surface area contributed by atoms with Gasteiger partial charge in [0.25, 0.3) is 5.56 Å². The molecule has 0 saturated heterocycles. The number of rotatable bonds is 3. The Hall–Kier alpha value is -3.45. The molecular weight excluding hydrogens is 294 g/mol. The SMILES string of the molecule is Cc1nn(CC(=O)Nc2ccccc2C#N)c(=O)c(C#N)c1C. The van der Waals surface area contributed by atoms with Crippen LogP contribution in [0.5, 0.6) is 0 Å². The van der Waals surface area contributed by atoms with Crippen molar-refractivity contribution < 1.29 is 4.79 Å². The maximum Gasteiger partial charge on any atom is 0.285 e. The lowest BCUT2D eigenvalue weighted by molar-refractivity contribution is -0.117. The minimum atomic E-state index is -0.612. The first-order chi connectivity index (χ1) is 11.0. The summed E-state index contributed by atoms with van der Waals surface area (Å²) < 4.78 is 0.950. The maximum absolute atomic E-state index is 12.1. The zero-order chi connectivity index (χ0) is 17.0. The second kappa shape index (κ2) is 6.54. The molecule has 1 aromatic heterocycles. The molecule has 0 unspecified atom stereocenters. The Kier molecular flexibility index (Phi) is 4.53. The Morgan fingerprint density at radius 2 is 1.96 bits per heavy atom. The molecule has 0 spiro atoms. The van der Waals surface area contributed by atoms with E-state index in [-0.39, 0.29) is 12.1 Å². The van der Waals surface area contributed by atoms with Crippen molar-refractivity contribution in [2.75, 3.05) is 5.32 Å². The number of hydrogen-bond donors (Lipinski definition) is 1.